The van der Waals surface area contributed by atoms with Gasteiger partial charge in [-0.2, -0.15) is 0 Å². The van der Waals surface area contributed by atoms with Crippen molar-refractivity contribution >= 4 is 17.5 Å². The number of nitrogen functional groups attached to an aromatic ring is 1. The number of hydrogen-bond acceptors (Lipinski definition) is 2. The smallest absolute Gasteiger partial charge is 0.201 e. The Bertz CT molecular complexity index is 585. The number of aromatic nitrogens is 2. The van der Waals surface area contributed by atoms with Crippen molar-refractivity contribution in [2.75, 3.05) is 5.73 Å². The number of nitrogens with zero attached hydrogens (tertiary/aromatic N) is 2. The number of hydrogen-bond donors (Lipinski definition) is 1. The van der Waals surface area contributed by atoms with E-state index in [1.807, 2.05) is 11.6 Å². The third-order valence-corrected chi connectivity index (χ3v) is 3.66. The van der Waals surface area contributed by atoms with E-state index in [0.717, 1.165) is 11.3 Å². The van der Waals surface area contributed by atoms with Crippen LogP contribution in [0.2, 0.25) is 5.15 Å². The van der Waals surface area contributed by atoms with Crippen molar-refractivity contribution in [1.29, 1.82) is 0 Å². The molecule has 0 radical (unpaired) electrons. The van der Waals surface area contributed by atoms with Gasteiger partial charge in [-0.1, -0.05) is 23.7 Å². The van der Waals surface area contributed by atoms with Gasteiger partial charge in [-0.3, -0.25) is 0 Å². The van der Waals surface area contributed by atoms with Crippen LogP contribution in [0.1, 0.15) is 16.7 Å². The summed E-state index contributed by atoms with van der Waals surface area (Å²) in [7, 11) is 1.87. The van der Waals surface area contributed by atoms with Gasteiger partial charge in [0.25, 0.3) is 0 Å². The maximum absolute atomic E-state index is 6.14. The van der Waals surface area contributed by atoms with E-state index < -0.39 is 0 Å². The highest BCUT2D eigenvalue weighted by atomic mass is 35.5. The van der Waals surface area contributed by atoms with Crippen molar-refractivity contribution < 1.29 is 0 Å². The number of anilines is 1. The minimum absolute atomic E-state index is 0.433. The van der Waals surface area contributed by atoms with E-state index in [9.17, 15) is 0 Å². The molecule has 17 heavy (non-hydrogen) atoms. The van der Waals surface area contributed by atoms with Crippen molar-refractivity contribution in [3.05, 3.63) is 34.0 Å². The summed E-state index contributed by atoms with van der Waals surface area (Å²) in [6.45, 7) is 6.31. The lowest BCUT2D eigenvalue weighted by atomic mass is 9.97. The first-order chi connectivity index (χ1) is 7.93. The zero-order valence-electron chi connectivity index (χ0n) is 10.5. The molecule has 0 aliphatic heterocycles. The molecule has 0 aliphatic rings. The fraction of sp³-hybridized carbons (Fsp3) is 0.308. The Morgan fingerprint density at radius 3 is 2.35 bits per heavy atom. The van der Waals surface area contributed by atoms with Crippen LogP contribution in [0.5, 0.6) is 0 Å². The molecule has 1 heterocycles. The van der Waals surface area contributed by atoms with Crippen LogP contribution in [-0.2, 0) is 7.05 Å². The van der Waals surface area contributed by atoms with Crippen LogP contribution in [0.3, 0.4) is 0 Å². The summed E-state index contributed by atoms with van der Waals surface area (Å²) in [5.74, 6) is 0.433. The van der Waals surface area contributed by atoms with Crippen molar-refractivity contribution in [2.45, 2.75) is 20.8 Å². The van der Waals surface area contributed by atoms with Crippen LogP contribution in [-0.4, -0.2) is 9.55 Å². The van der Waals surface area contributed by atoms with Crippen molar-refractivity contribution in [2.24, 2.45) is 7.05 Å². The highest BCUT2D eigenvalue weighted by Crippen LogP contribution is 2.33. The van der Waals surface area contributed by atoms with Crippen LogP contribution < -0.4 is 5.73 Å². The highest BCUT2D eigenvalue weighted by Gasteiger charge is 2.16. The van der Waals surface area contributed by atoms with Crippen LogP contribution in [0.4, 0.5) is 5.95 Å². The van der Waals surface area contributed by atoms with Gasteiger partial charge < -0.3 is 10.3 Å². The van der Waals surface area contributed by atoms with E-state index in [-0.39, 0.29) is 0 Å². The van der Waals surface area contributed by atoms with Gasteiger partial charge in [0.2, 0.25) is 5.95 Å². The minimum atomic E-state index is 0.433. The average molecular weight is 250 g/mol. The van der Waals surface area contributed by atoms with Gasteiger partial charge in [0.05, 0.1) is 5.69 Å². The number of aryl methyl sites for hydroxylation is 1. The number of imidazole rings is 1. The van der Waals surface area contributed by atoms with E-state index in [2.05, 4.69) is 37.9 Å². The molecule has 0 spiro atoms. The fourth-order valence-electron chi connectivity index (χ4n) is 1.99. The van der Waals surface area contributed by atoms with E-state index in [0.29, 0.717) is 11.1 Å². The maximum atomic E-state index is 6.14. The summed E-state index contributed by atoms with van der Waals surface area (Å²) in [6.07, 6.45) is 0. The van der Waals surface area contributed by atoms with Crippen LogP contribution in [0.15, 0.2) is 12.1 Å². The van der Waals surface area contributed by atoms with Crippen LogP contribution in [0, 0.1) is 20.8 Å². The summed E-state index contributed by atoms with van der Waals surface area (Å²) >= 11 is 6.14. The molecule has 0 unspecified atom stereocenters. The molecule has 0 aliphatic carbocycles. The predicted octanol–water partition coefficient (Wildman–Crippen LogP) is 3.25. The molecule has 0 atom stereocenters. The molecule has 1 aromatic heterocycles. The van der Waals surface area contributed by atoms with Gasteiger partial charge in [-0.25, -0.2) is 4.98 Å². The molecular formula is C13H16ClN3. The molecule has 0 saturated heterocycles. The van der Waals surface area contributed by atoms with Gasteiger partial charge in [-0.05, 0) is 37.5 Å². The zero-order valence-corrected chi connectivity index (χ0v) is 11.3. The predicted molar refractivity (Wildman–Crippen MR) is 72.3 cm³/mol. The third-order valence-electron chi connectivity index (χ3n) is 3.40. The van der Waals surface area contributed by atoms with Crippen molar-refractivity contribution in [3.63, 3.8) is 0 Å². The normalized spacial score (nSPS) is 10.9. The quantitative estimate of drug-likeness (QED) is 0.843. The number of nitrogens with two attached hydrogens (primary N) is 1. The summed E-state index contributed by atoms with van der Waals surface area (Å²) in [5.41, 5.74) is 11.5. The summed E-state index contributed by atoms with van der Waals surface area (Å²) in [5, 5.41) is 0.455. The summed E-state index contributed by atoms with van der Waals surface area (Å²) in [4.78, 5) is 4.09. The Morgan fingerprint density at radius 1 is 1.18 bits per heavy atom. The molecule has 0 bridgehead atoms. The Kier molecular flexibility index (Phi) is 2.87. The van der Waals surface area contributed by atoms with Crippen LogP contribution in [0.25, 0.3) is 11.3 Å². The molecule has 0 saturated carbocycles. The van der Waals surface area contributed by atoms with E-state index in [1.54, 1.807) is 0 Å². The van der Waals surface area contributed by atoms with E-state index in [4.69, 9.17) is 17.3 Å². The van der Waals surface area contributed by atoms with Gasteiger partial charge >= 0.3 is 0 Å². The van der Waals surface area contributed by atoms with E-state index >= 15 is 0 Å². The standard InChI is InChI=1S/C13H16ClN3/c1-7-5-6-10(9(3)8(7)2)11-12(14)16-13(15)17(11)4/h5-6H,1-4H3,(H2,15,16). The lowest BCUT2D eigenvalue weighted by Crippen LogP contribution is -2.00. The van der Waals surface area contributed by atoms with Gasteiger partial charge in [0, 0.05) is 12.6 Å². The second-order valence-corrected chi connectivity index (χ2v) is 4.71. The first kappa shape index (κ1) is 12.0. The largest absolute Gasteiger partial charge is 0.369 e. The molecule has 90 valence electrons. The Morgan fingerprint density at radius 2 is 1.82 bits per heavy atom. The second kappa shape index (κ2) is 4.08. The molecule has 1 aromatic carbocycles. The van der Waals surface area contributed by atoms with Crippen LogP contribution >= 0.6 is 11.6 Å². The maximum Gasteiger partial charge on any atom is 0.201 e. The van der Waals surface area contributed by atoms with Gasteiger partial charge in [0.15, 0.2) is 5.15 Å². The first-order valence-electron chi connectivity index (χ1n) is 5.48. The summed E-state index contributed by atoms with van der Waals surface area (Å²) < 4.78 is 1.82. The van der Waals surface area contributed by atoms with Crippen molar-refractivity contribution in [1.82, 2.24) is 9.55 Å². The third kappa shape index (κ3) is 1.80. The Labute approximate surface area is 106 Å². The SMILES string of the molecule is Cc1ccc(-c2c(Cl)nc(N)n2C)c(C)c1C. The molecule has 2 aromatic rings. The number of halogens is 1. The second-order valence-electron chi connectivity index (χ2n) is 4.35. The molecule has 2 rings (SSSR count). The molecule has 0 fully saturated rings. The molecule has 0 amide bonds. The number of benzene rings is 1. The lowest BCUT2D eigenvalue weighted by molar-refractivity contribution is 0.936. The van der Waals surface area contributed by atoms with E-state index in [1.165, 1.54) is 16.7 Å². The van der Waals surface area contributed by atoms with Gasteiger partial charge in [0.1, 0.15) is 0 Å². The minimum Gasteiger partial charge on any atom is -0.369 e. The fourth-order valence-corrected chi connectivity index (χ4v) is 2.30. The first-order valence-corrected chi connectivity index (χ1v) is 5.86. The molecular weight excluding hydrogens is 234 g/mol. The molecule has 3 nitrogen and oxygen atoms in total. The van der Waals surface area contributed by atoms with Crippen molar-refractivity contribution in [3.8, 4) is 11.3 Å². The monoisotopic (exact) mass is 249 g/mol. The Balaban J connectivity index is 2.73. The highest BCUT2D eigenvalue weighted by molar-refractivity contribution is 6.32. The zero-order chi connectivity index (χ0) is 12.7. The molecule has 4 heteroatoms. The average Bonchev–Trinajstić information content (AvgIpc) is 2.52. The number of rotatable bonds is 1. The molecule has 2 N–H and O–H groups in total. The summed E-state index contributed by atoms with van der Waals surface area (Å²) in [6, 6.07) is 4.16. The lowest BCUT2D eigenvalue weighted by Gasteiger charge is -2.12. The topological polar surface area (TPSA) is 43.8 Å². The Hall–Kier alpha value is -1.48. The van der Waals surface area contributed by atoms with Gasteiger partial charge in [-0.15, -0.1) is 0 Å².